The third-order valence-corrected chi connectivity index (χ3v) is 3.88. The molecule has 1 heterocycles. The van der Waals surface area contributed by atoms with E-state index in [0.717, 1.165) is 17.7 Å². The number of ether oxygens (including phenoxy) is 2. The molecule has 1 aromatic rings. The smallest absolute Gasteiger partial charge is 0.267 e. The van der Waals surface area contributed by atoms with Gasteiger partial charge >= 0.3 is 0 Å². The van der Waals surface area contributed by atoms with Crippen molar-refractivity contribution in [3.05, 3.63) is 23.8 Å². The van der Waals surface area contributed by atoms with Gasteiger partial charge in [0.1, 0.15) is 5.75 Å². The lowest BCUT2D eigenvalue weighted by molar-refractivity contribution is -0.125. The molecule has 132 valence electrons. The largest absolute Gasteiger partial charge is 0.479 e. The zero-order valence-corrected chi connectivity index (χ0v) is 14.6. The van der Waals surface area contributed by atoms with Crippen LogP contribution in [-0.2, 0) is 14.3 Å². The Morgan fingerprint density at radius 3 is 2.96 bits per heavy atom. The molecule has 1 aliphatic rings. The molecule has 1 atom stereocenters. The second-order valence-electron chi connectivity index (χ2n) is 5.87. The number of nitrogens with zero attached hydrogens (tertiary/aromatic N) is 1. The van der Waals surface area contributed by atoms with Crippen LogP contribution in [0.25, 0.3) is 0 Å². The van der Waals surface area contributed by atoms with Crippen molar-refractivity contribution in [3.8, 4) is 5.75 Å². The van der Waals surface area contributed by atoms with Crippen LogP contribution in [0.3, 0.4) is 0 Å². The third kappa shape index (κ3) is 4.71. The molecule has 0 spiro atoms. The van der Waals surface area contributed by atoms with Gasteiger partial charge in [-0.25, -0.2) is 0 Å². The Balaban J connectivity index is 1.90. The van der Waals surface area contributed by atoms with E-state index < -0.39 is 6.10 Å². The number of fused-ring (bicyclic) bond motifs is 1. The zero-order valence-electron chi connectivity index (χ0n) is 14.6. The molecule has 1 aromatic carbocycles. The van der Waals surface area contributed by atoms with Crippen molar-refractivity contribution in [1.29, 1.82) is 0 Å². The fraction of sp³-hybridized carbons (Fsp3) is 0.556. The van der Waals surface area contributed by atoms with Crippen molar-refractivity contribution in [2.24, 2.45) is 0 Å². The number of hydrogen-bond acceptors (Lipinski definition) is 4. The van der Waals surface area contributed by atoms with E-state index in [2.05, 4.69) is 5.32 Å². The van der Waals surface area contributed by atoms with Gasteiger partial charge in [0.15, 0.2) is 6.10 Å². The van der Waals surface area contributed by atoms with Gasteiger partial charge < -0.3 is 19.7 Å². The molecular formula is C18H26N2O4. The number of benzene rings is 1. The van der Waals surface area contributed by atoms with Crippen molar-refractivity contribution in [1.82, 2.24) is 5.32 Å². The van der Waals surface area contributed by atoms with Gasteiger partial charge in [0.2, 0.25) is 5.91 Å². The molecule has 1 N–H and O–H groups in total. The molecular weight excluding hydrogens is 308 g/mol. The molecule has 0 aliphatic carbocycles. The highest BCUT2D eigenvalue weighted by Gasteiger charge is 2.31. The second kappa shape index (κ2) is 8.68. The normalized spacial score (nSPS) is 16.5. The number of rotatable bonds is 8. The predicted molar refractivity (Wildman–Crippen MR) is 92.4 cm³/mol. The summed E-state index contributed by atoms with van der Waals surface area (Å²) in [5.74, 6) is 0.509. The molecule has 6 heteroatoms. The lowest BCUT2D eigenvalue weighted by Gasteiger charge is -2.33. The van der Waals surface area contributed by atoms with Gasteiger partial charge in [-0.1, -0.05) is 6.07 Å². The lowest BCUT2D eigenvalue weighted by Crippen LogP contribution is -2.45. The monoisotopic (exact) mass is 334 g/mol. The van der Waals surface area contributed by atoms with E-state index in [1.807, 2.05) is 32.0 Å². The van der Waals surface area contributed by atoms with E-state index in [9.17, 15) is 9.59 Å². The molecule has 2 rings (SSSR count). The summed E-state index contributed by atoms with van der Waals surface area (Å²) in [5.41, 5.74) is 1.78. The quantitative estimate of drug-likeness (QED) is 0.739. The Bertz CT molecular complexity index is 588. The standard InChI is InChI=1S/C18H26N2O4/c1-4-23-11-5-9-19-17(21)8-10-20-15-12-13(2)6-7-16(15)24-14(3)18(20)22/h6-7,12,14H,4-5,8-11H2,1-3H3,(H,19,21). The molecule has 24 heavy (non-hydrogen) atoms. The van der Waals surface area contributed by atoms with Crippen molar-refractivity contribution >= 4 is 17.5 Å². The number of hydrogen-bond donors (Lipinski definition) is 1. The van der Waals surface area contributed by atoms with Crippen LogP contribution in [0.5, 0.6) is 5.75 Å². The number of carbonyl (C=O) groups is 2. The van der Waals surface area contributed by atoms with E-state index >= 15 is 0 Å². The number of anilines is 1. The Labute approximate surface area is 143 Å². The first kappa shape index (κ1) is 18.3. The van der Waals surface area contributed by atoms with Crippen LogP contribution in [0.1, 0.15) is 32.3 Å². The van der Waals surface area contributed by atoms with Crippen LogP contribution in [-0.4, -0.2) is 44.2 Å². The van der Waals surface area contributed by atoms with E-state index in [0.29, 0.717) is 32.1 Å². The minimum Gasteiger partial charge on any atom is -0.479 e. The van der Waals surface area contributed by atoms with Gasteiger partial charge in [-0.2, -0.15) is 0 Å². The molecule has 6 nitrogen and oxygen atoms in total. The first-order valence-electron chi connectivity index (χ1n) is 8.46. The maximum absolute atomic E-state index is 12.4. The average molecular weight is 334 g/mol. The van der Waals surface area contributed by atoms with Crippen molar-refractivity contribution in [2.75, 3.05) is 31.2 Å². The minimum atomic E-state index is -0.533. The first-order valence-corrected chi connectivity index (χ1v) is 8.46. The fourth-order valence-corrected chi connectivity index (χ4v) is 2.60. The molecule has 0 bridgehead atoms. The number of carbonyl (C=O) groups excluding carboxylic acids is 2. The fourth-order valence-electron chi connectivity index (χ4n) is 2.60. The van der Waals surface area contributed by atoms with E-state index in [4.69, 9.17) is 9.47 Å². The van der Waals surface area contributed by atoms with E-state index in [1.54, 1.807) is 11.8 Å². The first-order chi connectivity index (χ1) is 11.5. The van der Waals surface area contributed by atoms with Crippen LogP contribution in [0.4, 0.5) is 5.69 Å². The van der Waals surface area contributed by atoms with Gasteiger partial charge in [-0.15, -0.1) is 0 Å². The minimum absolute atomic E-state index is 0.0624. The van der Waals surface area contributed by atoms with E-state index in [1.165, 1.54) is 0 Å². The number of aryl methyl sites for hydroxylation is 1. The Morgan fingerprint density at radius 2 is 2.21 bits per heavy atom. The second-order valence-corrected chi connectivity index (χ2v) is 5.87. The van der Waals surface area contributed by atoms with Gasteiger partial charge in [0.25, 0.3) is 5.91 Å². The maximum Gasteiger partial charge on any atom is 0.267 e. The number of nitrogens with one attached hydrogen (secondary N) is 1. The Kier molecular flexibility index (Phi) is 6.61. The summed E-state index contributed by atoms with van der Waals surface area (Å²) in [6, 6.07) is 5.73. The lowest BCUT2D eigenvalue weighted by atomic mass is 10.1. The van der Waals surface area contributed by atoms with Crippen molar-refractivity contribution < 1.29 is 19.1 Å². The van der Waals surface area contributed by atoms with Gasteiger partial charge in [-0.3, -0.25) is 9.59 Å². The summed E-state index contributed by atoms with van der Waals surface area (Å²) in [5, 5.41) is 2.85. The molecule has 1 unspecified atom stereocenters. The maximum atomic E-state index is 12.4. The molecule has 0 saturated carbocycles. The topological polar surface area (TPSA) is 67.9 Å². The molecule has 0 radical (unpaired) electrons. The highest BCUT2D eigenvalue weighted by molar-refractivity contribution is 6.00. The average Bonchev–Trinajstić information content (AvgIpc) is 2.56. The zero-order chi connectivity index (χ0) is 17.5. The summed E-state index contributed by atoms with van der Waals surface area (Å²) >= 11 is 0. The van der Waals surface area contributed by atoms with Gasteiger partial charge in [0, 0.05) is 32.7 Å². The van der Waals surface area contributed by atoms with Crippen molar-refractivity contribution in [3.63, 3.8) is 0 Å². The highest BCUT2D eigenvalue weighted by atomic mass is 16.5. The molecule has 1 aliphatic heterocycles. The van der Waals surface area contributed by atoms with Crippen LogP contribution < -0.4 is 15.0 Å². The summed E-state index contributed by atoms with van der Waals surface area (Å²) < 4.78 is 10.9. The summed E-state index contributed by atoms with van der Waals surface area (Å²) in [4.78, 5) is 26.0. The van der Waals surface area contributed by atoms with Gasteiger partial charge in [0.05, 0.1) is 5.69 Å². The Hall–Kier alpha value is -2.08. The summed E-state index contributed by atoms with van der Waals surface area (Å²) in [6.45, 7) is 7.89. The Morgan fingerprint density at radius 1 is 1.42 bits per heavy atom. The van der Waals surface area contributed by atoms with Gasteiger partial charge in [-0.05, 0) is 44.9 Å². The molecule has 0 fully saturated rings. The SMILES string of the molecule is CCOCCCNC(=O)CCN1C(=O)C(C)Oc2ccc(C)cc21. The third-order valence-electron chi connectivity index (χ3n) is 3.88. The van der Waals surface area contributed by atoms with E-state index in [-0.39, 0.29) is 18.2 Å². The van der Waals surface area contributed by atoms with Crippen molar-refractivity contribution in [2.45, 2.75) is 39.7 Å². The summed E-state index contributed by atoms with van der Waals surface area (Å²) in [6.07, 6.45) is 0.518. The highest BCUT2D eigenvalue weighted by Crippen LogP contribution is 2.34. The van der Waals surface area contributed by atoms with Crippen LogP contribution in [0, 0.1) is 6.92 Å². The molecule has 0 saturated heterocycles. The predicted octanol–water partition coefficient (Wildman–Crippen LogP) is 2.04. The molecule has 0 aromatic heterocycles. The van der Waals surface area contributed by atoms with Crippen LogP contribution >= 0.6 is 0 Å². The number of amides is 2. The summed E-state index contributed by atoms with van der Waals surface area (Å²) in [7, 11) is 0. The van der Waals surface area contributed by atoms with Crippen LogP contribution in [0.15, 0.2) is 18.2 Å². The molecule has 2 amide bonds. The van der Waals surface area contributed by atoms with Crippen LogP contribution in [0.2, 0.25) is 0 Å².